The van der Waals surface area contributed by atoms with E-state index in [2.05, 4.69) is 29.8 Å². The number of aromatic nitrogens is 2. The van der Waals surface area contributed by atoms with Gasteiger partial charge in [-0.1, -0.05) is 44.2 Å². The van der Waals surface area contributed by atoms with E-state index in [1.165, 1.54) is 0 Å². The van der Waals surface area contributed by atoms with Crippen LogP contribution in [-0.2, 0) is 24.3 Å². The normalized spacial score (nSPS) is 14.3. The van der Waals surface area contributed by atoms with Crippen molar-refractivity contribution in [2.75, 3.05) is 6.54 Å². The van der Waals surface area contributed by atoms with Gasteiger partial charge in [0.2, 0.25) is 5.91 Å². The second-order valence-electron chi connectivity index (χ2n) is 8.68. The standard InChI is InChI=1S/C25H30N4O2/c1-17(2)15-29-22-12-7-6-11-21(22)27-23(29)13-8-14-26-24(30)18(3)28-16-19-9-4-5-10-20(19)25(28)31/h4-7,9-12,17-18H,8,13-16H2,1-3H3,(H,26,30)/t18-/m0/s1. The molecular weight excluding hydrogens is 388 g/mol. The molecule has 0 bridgehead atoms. The third kappa shape index (κ3) is 4.33. The monoisotopic (exact) mass is 418 g/mol. The van der Waals surface area contributed by atoms with E-state index in [0.717, 1.165) is 41.8 Å². The number of fused-ring (bicyclic) bond motifs is 2. The number of hydrogen-bond donors (Lipinski definition) is 1. The zero-order valence-electron chi connectivity index (χ0n) is 18.5. The maximum Gasteiger partial charge on any atom is 0.255 e. The Bertz CT molecular complexity index is 1100. The summed E-state index contributed by atoms with van der Waals surface area (Å²) in [5, 5.41) is 3.00. The molecule has 0 radical (unpaired) electrons. The zero-order chi connectivity index (χ0) is 22.0. The second kappa shape index (κ2) is 8.92. The molecule has 2 amide bonds. The molecule has 4 rings (SSSR count). The molecule has 2 heterocycles. The van der Waals surface area contributed by atoms with Crippen LogP contribution in [0.2, 0.25) is 0 Å². The van der Waals surface area contributed by atoms with Crippen molar-refractivity contribution in [1.82, 2.24) is 19.8 Å². The van der Waals surface area contributed by atoms with Crippen molar-refractivity contribution in [3.8, 4) is 0 Å². The van der Waals surface area contributed by atoms with Crippen LogP contribution in [-0.4, -0.2) is 38.9 Å². The topological polar surface area (TPSA) is 67.2 Å². The van der Waals surface area contributed by atoms with Crippen LogP contribution >= 0.6 is 0 Å². The van der Waals surface area contributed by atoms with Crippen LogP contribution in [0.4, 0.5) is 0 Å². The van der Waals surface area contributed by atoms with Gasteiger partial charge in [-0.3, -0.25) is 9.59 Å². The van der Waals surface area contributed by atoms with Gasteiger partial charge < -0.3 is 14.8 Å². The minimum absolute atomic E-state index is 0.0688. The van der Waals surface area contributed by atoms with E-state index in [-0.39, 0.29) is 11.8 Å². The summed E-state index contributed by atoms with van der Waals surface area (Å²) >= 11 is 0. The van der Waals surface area contributed by atoms with E-state index in [1.807, 2.05) is 42.5 Å². The Morgan fingerprint density at radius 3 is 2.61 bits per heavy atom. The first kappa shape index (κ1) is 21.1. The zero-order valence-corrected chi connectivity index (χ0v) is 18.5. The predicted molar refractivity (Wildman–Crippen MR) is 122 cm³/mol. The first-order valence-electron chi connectivity index (χ1n) is 11.1. The molecule has 0 saturated carbocycles. The number of benzene rings is 2. The lowest BCUT2D eigenvalue weighted by Gasteiger charge is -2.23. The van der Waals surface area contributed by atoms with Crippen LogP contribution in [0.25, 0.3) is 11.0 Å². The molecule has 31 heavy (non-hydrogen) atoms. The average molecular weight is 419 g/mol. The minimum atomic E-state index is -0.495. The van der Waals surface area contributed by atoms with Crippen LogP contribution in [0.5, 0.6) is 0 Å². The number of hydrogen-bond acceptors (Lipinski definition) is 3. The quantitative estimate of drug-likeness (QED) is 0.566. The van der Waals surface area contributed by atoms with Gasteiger partial charge >= 0.3 is 0 Å². The number of aryl methyl sites for hydroxylation is 1. The van der Waals surface area contributed by atoms with Gasteiger partial charge in [-0.25, -0.2) is 4.98 Å². The number of imidazole rings is 1. The van der Waals surface area contributed by atoms with Crippen molar-refractivity contribution < 1.29 is 9.59 Å². The Labute approximate surface area is 183 Å². The van der Waals surface area contributed by atoms with Crippen molar-refractivity contribution in [3.63, 3.8) is 0 Å². The van der Waals surface area contributed by atoms with Crippen molar-refractivity contribution >= 4 is 22.8 Å². The maximum atomic E-state index is 12.7. The maximum absolute atomic E-state index is 12.7. The third-order valence-electron chi connectivity index (χ3n) is 5.85. The van der Waals surface area contributed by atoms with Gasteiger partial charge in [0.25, 0.3) is 5.91 Å². The Balaban J connectivity index is 1.33. The van der Waals surface area contributed by atoms with Crippen molar-refractivity contribution in [1.29, 1.82) is 0 Å². The number of carbonyl (C=O) groups is 2. The molecule has 0 aliphatic carbocycles. The first-order valence-corrected chi connectivity index (χ1v) is 11.1. The Hall–Kier alpha value is -3.15. The second-order valence-corrected chi connectivity index (χ2v) is 8.68. The van der Waals surface area contributed by atoms with Crippen LogP contribution in [0.15, 0.2) is 48.5 Å². The molecule has 0 saturated heterocycles. The molecule has 0 fully saturated rings. The van der Waals surface area contributed by atoms with Gasteiger partial charge in [0, 0.05) is 31.6 Å². The number of nitrogens with one attached hydrogen (secondary N) is 1. The van der Waals surface area contributed by atoms with E-state index in [0.29, 0.717) is 24.6 Å². The van der Waals surface area contributed by atoms with E-state index in [9.17, 15) is 9.59 Å². The molecule has 1 N–H and O–H groups in total. The number of rotatable bonds is 8. The number of nitrogens with zero attached hydrogens (tertiary/aromatic N) is 3. The molecular formula is C25H30N4O2. The Morgan fingerprint density at radius 1 is 1.10 bits per heavy atom. The number of para-hydroxylation sites is 2. The molecule has 0 unspecified atom stereocenters. The van der Waals surface area contributed by atoms with Crippen LogP contribution in [0.3, 0.4) is 0 Å². The van der Waals surface area contributed by atoms with Gasteiger partial charge in [0.05, 0.1) is 11.0 Å². The predicted octanol–water partition coefficient (Wildman–Crippen LogP) is 3.79. The Morgan fingerprint density at radius 2 is 1.84 bits per heavy atom. The van der Waals surface area contributed by atoms with Crippen LogP contribution < -0.4 is 5.32 Å². The van der Waals surface area contributed by atoms with Crippen molar-refractivity contribution in [2.45, 2.75) is 52.7 Å². The largest absolute Gasteiger partial charge is 0.354 e. The van der Waals surface area contributed by atoms with Gasteiger partial charge in [0.1, 0.15) is 11.9 Å². The Kier molecular flexibility index (Phi) is 6.07. The molecule has 162 valence electrons. The van der Waals surface area contributed by atoms with E-state index >= 15 is 0 Å². The summed E-state index contributed by atoms with van der Waals surface area (Å²) in [5.41, 5.74) is 3.86. The van der Waals surface area contributed by atoms with E-state index in [4.69, 9.17) is 4.98 Å². The molecule has 0 spiro atoms. The fraction of sp³-hybridized carbons (Fsp3) is 0.400. The molecule has 1 aliphatic heterocycles. The fourth-order valence-corrected chi connectivity index (χ4v) is 4.22. The van der Waals surface area contributed by atoms with Crippen LogP contribution in [0, 0.1) is 5.92 Å². The minimum Gasteiger partial charge on any atom is -0.354 e. The molecule has 1 aliphatic rings. The lowest BCUT2D eigenvalue weighted by Crippen LogP contribution is -2.45. The van der Waals surface area contributed by atoms with E-state index < -0.39 is 6.04 Å². The highest BCUT2D eigenvalue weighted by molar-refractivity contribution is 6.01. The SMILES string of the molecule is CC(C)Cn1c(CCCNC(=O)[C@H](C)N2Cc3ccccc3C2=O)nc2ccccc21. The fourth-order valence-electron chi connectivity index (χ4n) is 4.22. The van der Waals surface area contributed by atoms with E-state index in [1.54, 1.807) is 11.8 Å². The summed E-state index contributed by atoms with van der Waals surface area (Å²) in [6.45, 7) is 8.18. The average Bonchev–Trinajstić information content (AvgIpc) is 3.28. The van der Waals surface area contributed by atoms with Gasteiger partial charge in [-0.15, -0.1) is 0 Å². The smallest absolute Gasteiger partial charge is 0.255 e. The summed E-state index contributed by atoms with van der Waals surface area (Å²) in [5.74, 6) is 1.40. The van der Waals surface area contributed by atoms with Gasteiger partial charge in [-0.05, 0) is 43.0 Å². The summed E-state index contributed by atoms with van der Waals surface area (Å²) in [4.78, 5) is 31.7. The van der Waals surface area contributed by atoms with Crippen molar-refractivity contribution in [2.24, 2.45) is 5.92 Å². The lowest BCUT2D eigenvalue weighted by molar-refractivity contribution is -0.125. The summed E-state index contributed by atoms with van der Waals surface area (Å²) in [7, 11) is 0. The highest BCUT2D eigenvalue weighted by Crippen LogP contribution is 2.24. The number of amides is 2. The summed E-state index contributed by atoms with van der Waals surface area (Å²) in [6, 6.07) is 15.3. The van der Waals surface area contributed by atoms with Gasteiger partial charge in [-0.2, -0.15) is 0 Å². The molecule has 1 atom stereocenters. The van der Waals surface area contributed by atoms with Gasteiger partial charge in [0.15, 0.2) is 0 Å². The summed E-state index contributed by atoms with van der Waals surface area (Å²) < 4.78 is 2.30. The highest BCUT2D eigenvalue weighted by Gasteiger charge is 2.33. The van der Waals surface area contributed by atoms with Crippen LogP contribution in [0.1, 0.15) is 48.9 Å². The molecule has 3 aromatic rings. The first-order chi connectivity index (χ1) is 15.0. The third-order valence-corrected chi connectivity index (χ3v) is 5.85. The summed E-state index contributed by atoms with van der Waals surface area (Å²) in [6.07, 6.45) is 1.60. The number of carbonyl (C=O) groups excluding carboxylic acids is 2. The molecule has 6 nitrogen and oxygen atoms in total. The molecule has 2 aromatic carbocycles. The van der Waals surface area contributed by atoms with Crippen molar-refractivity contribution in [3.05, 3.63) is 65.5 Å². The molecule has 6 heteroatoms. The molecule has 1 aromatic heterocycles. The lowest BCUT2D eigenvalue weighted by atomic mass is 10.1. The highest BCUT2D eigenvalue weighted by atomic mass is 16.2.